The molecule has 0 aliphatic carbocycles. The minimum Gasteiger partial charge on any atom is -0.427 e. The van der Waals surface area contributed by atoms with Gasteiger partial charge in [-0.3, -0.25) is 4.79 Å². The first-order valence-electron chi connectivity index (χ1n) is 8.71. The predicted molar refractivity (Wildman–Crippen MR) is 106 cm³/mol. The first-order valence-corrected chi connectivity index (χ1v) is 8.71. The molecule has 136 valence electrons. The van der Waals surface area contributed by atoms with Crippen LogP contribution in [0, 0.1) is 0 Å². The van der Waals surface area contributed by atoms with Crippen LogP contribution in [0.25, 0.3) is 0 Å². The molecule has 0 aromatic heterocycles. The van der Waals surface area contributed by atoms with Crippen LogP contribution >= 0.6 is 12.4 Å². The van der Waals surface area contributed by atoms with Crippen LogP contribution in [0.1, 0.15) is 31.4 Å². The van der Waals surface area contributed by atoms with Crippen molar-refractivity contribution in [2.75, 3.05) is 19.6 Å². The van der Waals surface area contributed by atoms with Gasteiger partial charge in [0.2, 0.25) is 0 Å². The summed E-state index contributed by atoms with van der Waals surface area (Å²) in [5, 5.41) is 0. The van der Waals surface area contributed by atoms with Crippen molar-refractivity contribution in [1.29, 1.82) is 0 Å². The number of rotatable bonds is 9. The highest BCUT2D eigenvalue weighted by atomic mass is 35.5. The first kappa shape index (κ1) is 21.2. The van der Waals surface area contributed by atoms with E-state index in [0.29, 0.717) is 5.75 Å². The zero-order valence-corrected chi connectivity index (χ0v) is 15.9. The molecule has 0 radical (unpaired) electrons. The van der Waals surface area contributed by atoms with Gasteiger partial charge in [0.25, 0.3) is 0 Å². The van der Waals surface area contributed by atoms with Crippen LogP contribution in [0.2, 0.25) is 0 Å². The molecule has 4 heteroatoms. The Hall–Kier alpha value is -1.84. The van der Waals surface area contributed by atoms with E-state index in [1.54, 1.807) is 0 Å². The highest BCUT2D eigenvalue weighted by molar-refractivity contribution is 5.85. The summed E-state index contributed by atoms with van der Waals surface area (Å²) in [5.41, 5.74) is 2.59. The lowest BCUT2D eigenvalue weighted by Gasteiger charge is -2.22. The number of carbonyl (C=O) groups excluding carboxylic acids is 1. The third-order valence-electron chi connectivity index (χ3n) is 3.98. The normalized spacial score (nSPS) is 10.4. The maximum absolute atomic E-state index is 11.1. The molecule has 0 amide bonds. The van der Waals surface area contributed by atoms with Crippen molar-refractivity contribution in [3.8, 4) is 5.75 Å². The predicted octanol–water partition coefficient (Wildman–Crippen LogP) is 4.53. The highest BCUT2D eigenvalue weighted by Gasteiger charge is 2.06. The topological polar surface area (TPSA) is 29.5 Å². The molecule has 3 nitrogen and oxygen atoms in total. The average molecular weight is 362 g/mol. The lowest BCUT2D eigenvalue weighted by Crippen LogP contribution is -2.29. The molecular weight excluding hydrogens is 334 g/mol. The minimum absolute atomic E-state index is 0. The fourth-order valence-corrected chi connectivity index (χ4v) is 2.80. The third-order valence-corrected chi connectivity index (χ3v) is 3.98. The van der Waals surface area contributed by atoms with Crippen molar-refractivity contribution in [2.24, 2.45) is 0 Å². The molecule has 0 aliphatic rings. The lowest BCUT2D eigenvalue weighted by molar-refractivity contribution is -0.131. The van der Waals surface area contributed by atoms with Gasteiger partial charge in [-0.1, -0.05) is 49.4 Å². The summed E-state index contributed by atoms with van der Waals surface area (Å²) in [6, 6.07) is 18.5. The van der Waals surface area contributed by atoms with E-state index in [1.165, 1.54) is 18.1 Å². The number of carbonyl (C=O) groups is 1. The summed E-state index contributed by atoms with van der Waals surface area (Å²) in [7, 11) is 0. The van der Waals surface area contributed by atoms with Crippen molar-refractivity contribution in [1.82, 2.24) is 4.90 Å². The number of hydrogen-bond donors (Lipinski definition) is 0. The second-order valence-corrected chi connectivity index (χ2v) is 6.07. The van der Waals surface area contributed by atoms with Crippen molar-refractivity contribution < 1.29 is 9.53 Å². The smallest absolute Gasteiger partial charge is 0.308 e. The van der Waals surface area contributed by atoms with Crippen molar-refractivity contribution in [2.45, 2.75) is 33.1 Å². The minimum atomic E-state index is -0.275. The fourth-order valence-electron chi connectivity index (χ4n) is 2.80. The molecule has 0 fully saturated rings. The SMILES string of the molecule is CCCN(CCc1ccccc1)CCc1cccc(OC(C)=O)c1.Cl. The Labute approximate surface area is 157 Å². The maximum atomic E-state index is 11.1. The van der Waals surface area contributed by atoms with Crippen molar-refractivity contribution >= 4 is 18.4 Å². The molecule has 2 aromatic rings. The van der Waals surface area contributed by atoms with E-state index in [-0.39, 0.29) is 18.4 Å². The molecule has 0 saturated heterocycles. The van der Waals surface area contributed by atoms with Crippen LogP contribution in [0.4, 0.5) is 0 Å². The van der Waals surface area contributed by atoms with Crippen LogP contribution < -0.4 is 4.74 Å². The number of esters is 1. The summed E-state index contributed by atoms with van der Waals surface area (Å²) in [4.78, 5) is 13.6. The molecule has 2 aromatic carbocycles. The maximum Gasteiger partial charge on any atom is 0.308 e. The van der Waals surface area contributed by atoms with Gasteiger partial charge in [-0.2, -0.15) is 0 Å². The Morgan fingerprint density at radius 2 is 1.56 bits per heavy atom. The van der Waals surface area contributed by atoms with Gasteiger partial charge in [-0.15, -0.1) is 12.4 Å². The molecule has 0 aliphatic heterocycles. The Kier molecular flexibility index (Phi) is 9.90. The number of nitrogens with zero attached hydrogens (tertiary/aromatic N) is 1. The Morgan fingerprint density at radius 1 is 0.920 bits per heavy atom. The molecular formula is C21H28ClNO2. The Bertz CT molecular complexity index is 631. The molecule has 25 heavy (non-hydrogen) atoms. The Morgan fingerprint density at radius 3 is 2.20 bits per heavy atom. The quantitative estimate of drug-likeness (QED) is 0.485. The van der Waals surface area contributed by atoms with Crippen LogP contribution in [0.3, 0.4) is 0 Å². The molecule has 0 heterocycles. The second-order valence-electron chi connectivity index (χ2n) is 6.07. The van der Waals surface area contributed by atoms with Crippen LogP contribution in [0.15, 0.2) is 54.6 Å². The zero-order chi connectivity index (χ0) is 17.2. The van der Waals surface area contributed by atoms with E-state index in [4.69, 9.17) is 4.74 Å². The molecule has 2 rings (SSSR count). The lowest BCUT2D eigenvalue weighted by atomic mass is 10.1. The molecule has 0 N–H and O–H groups in total. The Balaban J connectivity index is 0.00000312. The van der Waals surface area contributed by atoms with E-state index in [0.717, 1.165) is 38.9 Å². The van der Waals surface area contributed by atoms with Gasteiger partial charge in [-0.05, 0) is 49.1 Å². The van der Waals surface area contributed by atoms with Gasteiger partial charge in [-0.25, -0.2) is 0 Å². The van der Waals surface area contributed by atoms with Crippen LogP contribution in [-0.2, 0) is 17.6 Å². The van der Waals surface area contributed by atoms with E-state index >= 15 is 0 Å². The third kappa shape index (κ3) is 8.19. The molecule has 0 bridgehead atoms. The number of halogens is 1. The van der Waals surface area contributed by atoms with E-state index in [9.17, 15) is 4.79 Å². The standard InChI is InChI=1S/C21H27NO2.ClH/c1-3-14-22(15-12-19-8-5-4-6-9-19)16-13-20-10-7-11-21(17-20)24-18(2)23;/h4-11,17H,3,12-16H2,1-2H3;1H. The second kappa shape index (κ2) is 11.7. The molecule has 0 atom stereocenters. The average Bonchev–Trinajstić information content (AvgIpc) is 2.58. The summed E-state index contributed by atoms with van der Waals surface area (Å²) in [6.07, 6.45) is 3.19. The number of benzene rings is 2. The van der Waals surface area contributed by atoms with Crippen molar-refractivity contribution in [3.63, 3.8) is 0 Å². The van der Waals surface area contributed by atoms with Gasteiger partial charge in [0.15, 0.2) is 0 Å². The molecule has 0 saturated carbocycles. The van der Waals surface area contributed by atoms with Gasteiger partial charge in [0, 0.05) is 20.0 Å². The largest absolute Gasteiger partial charge is 0.427 e. The van der Waals surface area contributed by atoms with Gasteiger partial charge >= 0.3 is 5.97 Å². The van der Waals surface area contributed by atoms with E-state index < -0.39 is 0 Å². The molecule has 0 spiro atoms. The van der Waals surface area contributed by atoms with Crippen LogP contribution in [-0.4, -0.2) is 30.5 Å². The fraction of sp³-hybridized carbons (Fsp3) is 0.381. The number of ether oxygens (including phenoxy) is 1. The summed E-state index contributed by atoms with van der Waals surface area (Å²) >= 11 is 0. The highest BCUT2D eigenvalue weighted by Crippen LogP contribution is 2.14. The van der Waals surface area contributed by atoms with Crippen LogP contribution in [0.5, 0.6) is 5.75 Å². The molecule has 0 unspecified atom stereocenters. The zero-order valence-electron chi connectivity index (χ0n) is 15.1. The van der Waals surface area contributed by atoms with E-state index in [2.05, 4.69) is 48.2 Å². The summed E-state index contributed by atoms with van der Waals surface area (Å²) < 4.78 is 5.16. The monoisotopic (exact) mass is 361 g/mol. The van der Waals surface area contributed by atoms with E-state index in [1.807, 2.05) is 18.2 Å². The summed E-state index contributed by atoms with van der Waals surface area (Å²) in [6.45, 7) is 6.85. The summed E-state index contributed by atoms with van der Waals surface area (Å²) in [5.74, 6) is 0.356. The van der Waals surface area contributed by atoms with Crippen molar-refractivity contribution in [3.05, 3.63) is 65.7 Å². The van der Waals surface area contributed by atoms with Gasteiger partial charge < -0.3 is 9.64 Å². The number of hydrogen-bond acceptors (Lipinski definition) is 3. The van der Waals surface area contributed by atoms with Gasteiger partial charge in [0.1, 0.15) is 5.75 Å². The van der Waals surface area contributed by atoms with Gasteiger partial charge in [0.05, 0.1) is 0 Å². The first-order chi connectivity index (χ1) is 11.7.